The molecule has 2 aromatic carbocycles. The lowest BCUT2D eigenvalue weighted by atomic mass is 10.0. The van der Waals surface area contributed by atoms with Crippen molar-refractivity contribution in [2.45, 2.75) is 19.1 Å². The van der Waals surface area contributed by atoms with Crippen LogP contribution in [0.5, 0.6) is 5.75 Å². The number of hydrogen-bond donors (Lipinski definition) is 1. The zero-order valence-electron chi connectivity index (χ0n) is 14.8. The molecule has 3 rings (SSSR count). The largest absolute Gasteiger partial charge is 0.497 e. The molecule has 0 bridgehead atoms. The van der Waals surface area contributed by atoms with Crippen LogP contribution in [0, 0.1) is 0 Å². The first-order chi connectivity index (χ1) is 11.7. The molecule has 1 fully saturated rings. The Hall–Kier alpha value is -1.75. The molecule has 0 aromatic heterocycles. The van der Waals surface area contributed by atoms with Gasteiger partial charge < -0.3 is 14.7 Å². The molecule has 2 unspecified atom stereocenters. The highest BCUT2D eigenvalue weighted by atomic mass is 35.5. The lowest BCUT2D eigenvalue weighted by Gasteiger charge is -2.40. The van der Waals surface area contributed by atoms with Crippen LogP contribution in [0.15, 0.2) is 54.6 Å². The molecular weight excluding hydrogens is 336 g/mol. The van der Waals surface area contributed by atoms with Gasteiger partial charge in [0.25, 0.3) is 0 Å². The van der Waals surface area contributed by atoms with Gasteiger partial charge in [-0.15, -0.1) is 12.4 Å². The van der Waals surface area contributed by atoms with Crippen molar-refractivity contribution in [1.29, 1.82) is 0 Å². The predicted molar refractivity (Wildman–Crippen MR) is 105 cm³/mol. The van der Waals surface area contributed by atoms with E-state index in [0.717, 1.165) is 37.5 Å². The van der Waals surface area contributed by atoms with Crippen LogP contribution in [0.25, 0.3) is 0 Å². The fourth-order valence-corrected chi connectivity index (χ4v) is 3.31. The van der Waals surface area contributed by atoms with Gasteiger partial charge in [-0.1, -0.05) is 30.3 Å². The van der Waals surface area contributed by atoms with Gasteiger partial charge >= 0.3 is 0 Å². The number of hydrogen-bond acceptors (Lipinski definition) is 4. The minimum atomic E-state index is -0.446. The highest BCUT2D eigenvalue weighted by Crippen LogP contribution is 2.24. The minimum Gasteiger partial charge on any atom is -0.497 e. The zero-order valence-corrected chi connectivity index (χ0v) is 15.7. The third-order valence-corrected chi connectivity index (χ3v) is 4.93. The van der Waals surface area contributed by atoms with E-state index in [1.54, 1.807) is 7.11 Å². The normalized spacial score (nSPS) is 17.5. The molecule has 0 spiro atoms. The maximum Gasteiger partial charge on any atom is 0.119 e. The van der Waals surface area contributed by atoms with Gasteiger partial charge in [0.1, 0.15) is 5.75 Å². The van der Waals surface area contributed by atoms with Crippen LogP contribution in [-0.2, 0) is 0 Å². The highest BCUT2D eigenvalue weighted by molar-refractivity contribution is 5.85. The Balaban J connectivity index is 0.00000225. The molecule has 0 radical (unpaired) electrons. The van der Waals surface area contributed by atoms with Crippen LogP contribution in [0.2, 0.25) is 0 Å². The van der Waals surface area contributed by atoms with Crippen LogP contribution >= 0.6 is 12.4 Å². The maximum absolute atomic E-state index is 10.6. The summed E-state index contributed by atoms with van der Waals surface area (Å²) < 4.78 is 5.22. The maximum atomic E-state index is 10.6. The van der Waals surface area contributed by atoms with Gasteiger partial charge in [-0.05, 0) is 36.8 Å². The van der Waals surface area contributed by atoms with Crippen molar-refractivity contribution < 1.29 is 9.84 Å². The standard InChI is InChI=1S/C20H26N2O2.ClH/c1-16(20(23)17-6-4-3-5-7-17)21-12-14-22(15-13-21)18-8-10-19(24-2)11-9-18;/h3-11,16,20,23H,12-15H2,1-2H3;1H. The summed E-state index contributed by atoms with van der Waals surface area (Å²) in [5, 5.41) is 10.6. The third-order valence-electron chi connectivity index (χ3n) is 4.93. The summed E-state index contributed by atoms with van der Waals surface area (Å²) in [5.74, 6) is 0.886. The lowest BCUT2D eigenvalue weighted by Crippen LogP contribution is -2.51. The second-order valence-corrected chi connectivity index (χ2v) is 6.32. The number of ether oxygens (including phenoxy) is 1. The molecule has 0 saturated carbocycles. The number of aliphatic hydroxyl groups excluding tert-OH is 1. The Morgan fingerprint density at radius 1 is 0.920 bits per heavy atom. The van der Waals surface area contributed by atoms with Crippen molar-refractivity contribution in [2.24, 2.45) is 0 Å². The smallest absolute Gasteiger partial charge is 0.119 e. The average Bonchev–Trinajstić information content (AvgIpc) is 2.68. The average molecular weight is 363 g/mol. The number of halogens is 1. The van der Waals surface area contributed by atoms with Crippen LogP contribution in [0.4, 0.5) is 5.69 Å². The van der Waals surface area contributed by atoms with Crippen molar-refractivity contribution in [1.82, 2.24) is 4.90 Å². The van der Waals surface area contributed by atoms with E-state index in [4.69, 9.17) is 4.74 Å². The molecule has 1 heterocycles. The van der Waals surface area contributed by atoms with Crippen molar-refractivity contribution in [3.05, 3.63) is 60.2 Å². The van der Waals surface area contributed by atoms with Crippen LogP contribution < -0.4 is 9.64 Å². The second kappa shape index (κ2) is 9.09. The number of anilines is 1. The topological polar surface area (TPSA) is 35.9 Å². The Morgan fingerprint density at radius 2 is 1.52 bits per heavy atom. The van der Waals surface area contributed by atoms with Gasteiger partial charge in [0, 0.05) is 37.9 Å². The molecule has 4 nitrogen and oxygen atoms in total. The van der Waals surface area contributed by atoms with E-state index in [9.17, 15) is 5.11 Å². The molecule has 2 atom stereocenters. The van der Waals surface area contributed by atoms with Crippen LogP contribution in [-0.4, -0.2) is 49.3 Å². The van der Waals surface area contributed by atoms with Gasteiger partial charge in [0.15, 0.2) is 0 Å². The molecule has 136 valence electrons. The Bertz CT molecular complexity index is 628. The minimum absolute atomic E-state index is 0. The molecule has 5 heteroatoms. The molecule has 1 N–H and O–H groups in total. The highest BCUT2D eigenvalue weighted by Gasteiger charge is 2.26. The molecule has 0 aliphatic carbocycles. The van der Waals surface area contributed by atoms with Crippen molar-refractivity contribution >= 4 is 18.1 Å². The Morgan fingerprint density at radius 3 is 2.08 bits per heavy atom. The van der Waals surface area contributed by atoms with Gasteiger partial charge in [0.2, 0.25) is 0 Å². The predicted octanol–water partition coefficient (Wildman–Crippen LogP) is 3.36. The Labute approximate surface area is 156 Å². The second-order valence-electron chi connectivity index (χ2n) is 6.32. The quantitative estimate of drug-likeness (QED) is 0.884. The summed E-state index contributed by atoms with van der Waals surface area (Å²) in [6.45, 7) is 5.96. The molecule has 25 heavy (non-hydrogen) atoms. The van der Waals surface area contributed by atoms with E-state index in [1.807, 2.05) is 42.5 Å². The summed E-state index contributed by atoms with van der Waals surface area (Å²) in [7, 11) is 1.69. The van der Waals surface area contributed by atoms with Crippen molar-refractivity contribution in [3.63, 3.8) is 0 Å². The summed E-state index contributed by atoms with van der Waals surface area (Å²) in [4.78, 5) is 4.76. The lowest BCUT2D eigenvalue weighted by molar-refractivity contribution is 0.0546. The van der Waals surface area contributed by atoms with E-state index in [-0.39, 0.29) is 18.4 Å². The van der Waals surface area contributed by atoms with Gasteiger partial charge in [0.05, 0.1) is 13.2 Å². The van der Waals surface area contributed by atoms with E-state index in [0.29, 0.717) is 0 Å². The van der Waals surface area contributed by atoms with Gasteiger partial charge in [-0.25, -0.2) is 0 Å². The zero-order chi connectivity index (χ0) is 16.9. The fourth-order valence-electron chi connectivity index (χ4n) is 3.31. The number of methoxy groups -OCH3 is 1. The van der Waals surface area contributed by atoms with E-state index < -0.39 is 6.10 Å². The van der Waals surface area contributed by atoms with Crippen molar-refractivity contribution in [2.75, 3.05) is 38.2 Å². The molecule has 1 aliphatic heterocycles. The van der Waals surface area contributed by atoms with Crippen LogP contribution in [0.1, 0.15) is 18.6 Å². The summed E-state index contributed by atoms with van der Waals surface area (Å²) in [6.07, 6.45) is -0.446. The third kappa shape index (κ3) is 4.66. The SMILES string of the molecule is COc1ccc(N2CCN(C(C)C(O)c3ccccc3)CC2)cc1.Cl. The van der Waals surface area contributed by atoms with Gasteiger partial charge in [-0.2, -0.15) is 0 Å². The summed E-state index contributed by atoms with van der Waals surface area (Å²) >= 11 is 0. The first kappa shape index (κ1) is 19.6. The van der Waals surface area contributed by atoms with E-state index in [2.05, 4.69) is 28.9 Å². The summed E-state index contributed by atoms with van der Waals surface area (Å²) in [5.41, 5.74) is 2.22. The number of piperazine rings is 1. The molecule has 1 aliphatic rings. The van der Waals surface area contributed by atoms with Crippen LogP contribution in [0.3, 0.4) is 0 Å². The number of benzene rings is 2. The molecular formula is C20H27ClN2O2. The van der Waals surface area contributed by atoms with E-state index >= 15 is 0 Å². The summed E-state index contributed by atoms with van der Waals surface area (Å²) in [6, 6.07) is 18.3. The van der Waals surface area contributed by atoms with E-state index in [1.165, 1.54) is 5.69 Å². The number of nitrogens with zero attached hydrogens (tertiary/aromatic N) is 2. The first-order valence-corrected chi connectivity index (χ1v) is 8.55. The fraction of sp³-hybridized carbons (Fsp3) is 0.400. The monoisotopic (exact) mass is 362 g/mol. The number of rotatable bonds is 5. The number of aliphatic hydroxyl groups is 1. The molecule has 0 amide bonds. The van der Waals surface area contributed by atoms with Gasteiger partial charge in [-0.3, -0.25) is 4.90 Å². The van der Waals surface area contributed by atoms with Crippen molar-refractivity contribution in [3.8, 4) is 5.75 Å². The molecule has 2 aromatic rings. The Kier molecular flexibility index (Phi) is 7.12. The molecule has 1 saturated heterocycles. The first-order valence-electron chi connectivity index (χ1n) is 8.55.